The van der Waals surface area contributed by atoms with Crippen molar-refractivity contribution in [1.29, 1.82) is 0 Å². The minimum atomic E-state index is 0.0248. The van der Waals surface area contributed by atoms with Crippen molar-refractivity contribution in [3.8, 4) is 0 Å². The van der Waals surface area contributed by atoms with Gasteiger partial charge in [0.2, 0.25) is 5.91 Å². The van der Waals surface area contributed by atoms with Crippen molar-refractivity contribution in [2.45, 2.75) is 31.7 Å². The lowest BCUT2D eigenvalue weighted by molar-refractivity contribution is -0.138. The third-order valence-corrected chi connectivity index (χ3v) is 4.31. The topological polar surface area (TPSA) is 69.9 Å². The highest BCUT2D eigenvalue weighted by molar-refractivity contribution is 5.80. The normalized spacial score (nSPS) is 27.4. The lowest BCUT2D eigenvalue weighted by Crippen LogP contribution is -2.54. The Balaban J connectivity index is 1.84. The largest absolute Gasteiger partial charge is 0.339 e. The van der Waals surface area contributed by atoms with Gasteiger partial charge in [-0.05, 0) is 19.3 Å². The van der Waals surface area contributed by atoms with Crippen LogP contribution in [0.25, 0.3) is 0 Å². The molecule has 6 heteroatoms. The van der Waals surface area contributed by atoms with Crippen molar-refractivity contribution in [2.24, 2.45) is 11.7 Å². The Morgan fingerprint density at radius 1 is 1.05 bits per heavy atom. The molecule has 1 aliphatic carbocycles. The number of hydrogen-bond acceptors (Lipinski definition) is 3. The van der Waals surface area contributed by atoms with E-state index in [-0.39, 0.29) is 23.9 Å². The second kappa shape index (κ2) is 6.43. The molecule has 2 fully saturated rings. The maximum atomic E-state index is 12.5. The van der Waals surface area contributed by atoms with E-state index in [1.807, 2.05) is 4.90 Å². The van der Waals surface area contributed by atoms with E-state index >= 15 is 0 Å². The molecule has 0 aromatic carbocycles. The zero-order valence-electron chi connectivity index (χ0n) is 12.5. The number of nitrogens with two attached hydrogens (primary N) is 1. The number of nitrogens with zero attached hydrogens (tertiary/aromatic N) is 3. The summed E-state index contributed by atoms with van der Waals surface area (Å²) in [5, 5.41) is 0. The van der Waals surface area contributed by atoms with Gasteiger partial charge in [0.15, 0.2) is 0 Å². The molecule has 1 aliphatic heterocycles. The SMILES string of the molecule is CN(C)C(=O)N1CCN(C(=O)C2CCCC(N)C2)CC1. The Bertz CT molecular complexity index is 364. The van der Waals surface area contributed by atoms with E-state index in [0.717, 1.165) is 25.7 Å². The van der Waals surface area contributed by atoms with Gasteiger partial charge < -0.3 is 20.4 Å². The number of piperazine rings is 1. The summed E-state index contributed by atoms with van der Waals surface area (Å²) < 4.78 is 0. The number of carbonyl (C=O) groups is 2. The Kier molecular flexibility index (Phi) is 4.86. The van der Waals surface area contributed by atoms with Crippen LogP contribution in [0.3, 0.4) is 0 Å². The lowest BCUT2D eigenvalue weighted by atomic mass is 9.85. The van der Waals surface area contributed by atoms with Gasteiger partial charge in [0, 0.05) is 52.2 Å². The average Bonchev–Trinajstić information content (AvgIpc) is 2.46. The van der Waals surface area contributed by atoms with Gasteiger partial charge in [-0.2, -0.15) is 0 Å². The van der Waals surface area contributed by atoms with Gasteiger partial charge >= 0.3 is 6.03 Å². The van der Waals surface area contributed by atoms with E-state index in [0.29, 0.717) is 26.2 Å². The first-order valence-electron chi connectivity index (χ1n) is 7.49. The first-order valence-corrected chi connectivity index (χ1v) is 7.49. The molecule has 0 spiro atoms. The molecular formula is C14H26N4O2. The highest BCUT2D eigenvalue weighted by Gasteiger charge is 2.31. The summed E-state index contributed by atoms with van der Waals surface area (Å²) in [6.45, 7) is 2.54. The van der Waals surface area contributed by atoms with Crippen LogP contribution in [-0.4, -0.2) is 73.0 Å². The molecule has 114 valence electrons. The van der Waals surface area contributed by atoms with Crippen molar-refractivity contribution < 1.29 is 9.59 Å². The van der Waals surface area contributed by atoms with Crippen LogP contribution in [0.1, 0.15) is 25.7 Å². The van der Waals surface area contributed by atoms with Crippen molar-refractivity contribution in [1.82, 2.24) is 14.7 Å². The monoisotopic (exact) mass is 282 g/mol. The van der Waals surface area contributed by atoms with Crippen LogP contribution in [0, 0.1) is 5.92 Å². The summed E-state index contributed by atoms with van der Waals surface area (Å²) in [6.07, 6.45) is 3.87. The molecule has 2 unspecified atom stereocenters. The maximum absolute atomic E-state index is 12.5. The van der Waals surface area contributed by atoms with E-state index < -0.39 is 0 Å². The predicted molar refractivity (Wildman–Crippen MR) is 77.2 cm³/mol. The maximum Gasteiger partial charge on any atom is 0.319 e. The summed E-state index contributed by atoms with van der Waals surface area (Å²) in [5.74, 6) is 0.326. The van der Waals surface area contributed by atoms with Crippen LogP contribution in [0.15, 0.2) is 0 Å². The smallest absolute Gasteiger partial charge is 0.319 e. The molecule has 6 nitrogen and oxygen atoms in total. The lowest BCUT2D eigenvalue weighted by Gasteiger charge is -2.38. The van der Waals surface area contributed by atoms with Crippen molar-refractivity contribution >= 4 is 11.9 Å². The minimum Gasteiger partial charge on any atom is -0.339 e. The molecule has 1 saturated heterocycles. The van der Waals surface area contributed by atoms with E-state index in [4.69, 9.17) is 5.73 Å². The number of carbonyl (C=O) groups excluding carboxylic acids is 2. The average molecular weight is 282 g/mol. The van der Waals surface area contributed by atoms with Crippen LogP contribution in [0.4, 0.5) is 4.79 Å². The quantitative estimate of drug-likeness (QED) is 0.753. The first kappa shape index (κ1) is 15.1. The number of amides is 3. The molecule has 0 radical (unpaired) electrons. The Morgan fingerprint density at radius 3 is 2.20 bits per heavy atom. The highest BCUT2D eigenvalue weighted by atomic mass is 16.2. The van der Waals surface area contributed by atoms with Crippen molar-refractivity contribution in [3.63, 3.8) is 0 Å². The van der Waals surface area contributed by atoms with Gasteiger partial charge in [-0.1, -0.05) is 6.42 Å². The molecule has 3 amide bonds. The van der Waals surface area contributed by atoms with Gasteiger partial charge in [0.1, 0.15) is 0 Å². The van der Waals surface area contributed by atoms with Crippen molar-refractivity contribution in [3.05, 3.63) is 0 Å². The molecule has 0 aromatic heterocycles. The third-order valence-electron chi connectivity index (χ3n) is 4.31. The summed E-state index contributed by atoms with van der Waals surface area (Å²) in [7, 11) is 3.51. The summed E-state index contributed by atoms with van der Waals surface area (Å²) >= 11 is 0. The number of urea groups is 1. The van der Waals surface area contributed by atoms with Crippen LogP contribution in [0.2, 0.25) is 0 Å². The highest BCUT2D eigenvalue weighted by Crippen LogP contribution is 2.25. The van der Waals surface area contributed by atoms with Gasteiger partial charge in [-0.3, -0.25) is 4.79 Å². The molecule has 2 aliphatic rings. The number of hydrogen-bond donors (Lipinski definition) is 1. The molecule has 0 aromatic rings. The van der Waals surface area contributed by atoms with E-state index in [1.165, 1.54) is 0 Å². The van der Waals surface area contributed by atoms with Gasteiger partial charge in [0.25, 0.3) is 0 Å². The zero-order valence-corrected chi connectivity index (χ0v) is 12.5. The van der Waals surface area contributed by atoms with Gasteiger partial charge in [0.05, 0.1) is 0 Å². The standard InChI is InChI=1S/C14H26N4O2/c1-16(2)14(20)18-8-6-17(7-9-18)13(19)11-4-3-5-12(15)10-11/h11-12H,3-10,15H2,1-2H3. The zero-order chi connectivity index (χ0) is 14.7. The molecule has 2 atom stereocenters. The molecular weight excluding hydrogens is 256 g/mol. The Morgan fingerprint density at radius 2 is 1.65 bits per heavy atom. The fourth-order valence-electron chi connectivity index (χ4n) is 3.11. The Labute approximate surface area is 120 Å². The van der Waals surface area contributed by atoms with Crippen molar-refractivity contribution in [2.75, 3.05) is 40.3 Å². The molecule has 2 rings (SSSR count). The van der Waals surface area contributed by atoms with Crippen LogP contribution in [-0.2, 0) is 4.79 Å². The molecule has 0 bridgehead atoms. The van der Waals surface area contributed by atoms with E-state index in [9.17, 15) is 9.59 Å². The summed E-state index contributed by atoms with van der Waals surface area (Å²) in [4.78, 5) is 29.6. The molecule has 20 heavy (non-hydrogen) atoms. The van der Waals surface area contributed by atoms with Gasteiger partial charge in [-0.25, -0.2) is 4.79 Å². The molecule has 2 N–H and O–H groups in total. The Hall–Kier alpha value is -1.30. The summed E-state index contributed by atoms with van der Waals surface area (Å²) in [5.41, 5.74) is 5.96. The minimum absolute atomic E-state index is 0.0248. The third kappa shape index (κ3) is 3.42. The second-order valence-corrected chi connectivity index (χ2v) is 6.11. The molecule has 1 heterocycles. The van der Waals surface area contributed by atoms with Crippen LogP contribution in [0.5, 0.6) is 0 Å². The van der Waals surface area contributed by atoms with Crippen LogP contribution >= 0.6 is 0 Å². The fraction of sp³-hybridized carbons (Fsp3) is 0.857. The first-order chi connectivity index (χ1) is 9.49. The second-order valence-electron chi connectivity index (χ2n) is 6.11. The molecule has 1 saturated carbocycles. The van der Waals surface area contributed by atoms with E-state index in [1.54, 1.807) is 23.9 Å². The number of rotatable bonds is 1. The predicted octanol–water partition coefficient (Wildman–Crippen LogP) is 0.330. The fourth-order valence-corrected chi connectivity index (χ4v) is 3.11. The summed E-state index contributed by atoms with van der Waals surface area (Å²) in [6, 6.07) is 0.200. The van der Waals surface area contributed by atoms with Gasteiger partial charge in [-0.15, -0.1) is 0 Å². The van der Waals surface area contributed by atoms with E-state index in [2.05, 4.69) is 0 Å². The van der Waals surface area contributed by atoms with Crippen LogP contribution < -0.4 is 5.73 Å².